The molecule has 2 rings (SSSR count). The number of H-pyrrole nitrogens is 1. The van der Waals surface area contributed by atoms with Crippen molar-refractivity contribution in [2.45, 2.75) is 13.8 Å². The number of ether oxygens (including phenoxy) is 1. The zero-order chi connectivity index (χ0) is 15.4. The van der Waals surface area contributed by atoms with E-state index in [2.05, 4.69) is 15.5 Å². The van der Waals surface area contributed by atoms with Gasteiger partial charge in [-0.3, -0.25) is 9.89 Å². The van der Waals surface area contributed by atoms with Crippen LogP contribution < -0.4 is 10.1 Å². The Bertz CT molecular complexity index is 679. The van der Waals surface area contributed by atoms with E-state index in [0.29, 0.717) is 5.75 Å². The van der Waals surface area contributed by atoms with Gasteiger partial charge in [0.2, 0.25) is 0 Å². The molecular weight excluding hydrogens is 274 g/mol. The topological polar surface area (TPSA) is 104 Å². The summed E-state index contributed by atoms with van der Waals surface area (Å²) in [6, 6.07) is 6.95. The molecule has 1 amide bonds. The first-order valence-corrected chi connectivity index (χ1v) is 6.24. The highest BCUT2D eigenvalue weighted by Gasteiger charge is 2.11. The number of hydrogen-bond acceptors (Lipinski definition) is 4. The van der Waals surface area contributed by atoms with Gasteiger partial charge in [0.05, 0.1) is 0 Å². The van der Waals surface area contributed by atoms with Crippen molar-refractivity contribution in [2.24, 2.45) is 0 Å². The fraction of sp³-hybridized carbons (Fsp3) is 0.214. The van der Waals surface area contributed by atoms with Crippen molar-refractivity contribution in [3.63, 3.8) is 0 Å². The number of aryl methyl sites for hydroxylation is 2. The summed E-state index contributed by atoms with van der Waals surface area (Å²) in [5.74, 6) is -0.783. The van der Waals surface area contributed by atoms with Gasteiger partial charge in [-0.25, -0.2) is 4.79 Å². The lowest BCUT2D eigenvalue weighted by Crippen LogP contribution is -2.20. The van der Waals surface area contributed by atoms with Crippen molar-refractivity contribution in [3.05, 3.63) is 41.1 Å². The van der Waals surface area contributed by atoms with E-state index >= 15 is 0 Å². The van der Waals surface area contributed by atoms with Gasteiger partial charge < -0.3 is 15.2 Å². The molecule has 0 spiro atoms. The number of aromatic amines is 1. The standard InChI is InChI=1S/C14H15N3O4/c1-8-3-4-9(2)11(5-8)21-7-13(18)15-12-6-10(14(19)20)16-17-12/h3-6H,7H2,1-2H3,(H,19,20)(H2,15,16,17,18). The summed E-state index contributed by atoms with van der Waals surface area (Å²) in [5, 5.41) is 17.2. The van der Waals surface area contributed by atoms with E-state index in [4.69, 9.17) is 9.84 Å². The van der Waals surface area contributed by atoms with Crippen LogP contribution in [0, 0.1) is 13.8 Å². The number of anilines is 1. The minimum Gasteiger partial charge on any atom is -0.483 e. The highest BCUT2D eigenvalue weighted by Crippen LogP contribution is 2.19. The molecule has 21 heavy (non-hydrogen) atoms. The Kier molecular flexibility index (Phi) is 4.22. The van der Waals surface area contributed by atoms with Gasteiger partial charge in [0.25, 0.3) is 5.91 Å². The summed E-state index contributed by atoms with van der Waals surface area (Å²) < 4.78 is 5.44. The molecule has 0 unspecified atom stereocenters. The number of aromatic carboxylic acids is 1. The average Bonchev–Trinajstić information content (AvgIpc) is 2.88. The van der Waals surface area contributed by atoms with Crippen LogP contribution in [0.2, 0.25) is 0 Å². The van der Waals surface area contributed by atoms with E-state index < -0.39 is 11.9 Å². The summed E-state index contributed by atoms with van der Waals surface area (Å²) in [4.78, 5) is 22.4. The van der Waals surface area contributed by atoms with Crippen LogP contribution in [0.1, 0.15) is 21.6 Å². The molecule has 110 valence electrons. The van der Waals surface area contributed by atoms with Crippen LogP contribution in [-0.2, 0) is 4.79 Å². The van der Waals surface area contributed by atoms with E-state index in [-0.39, 0.29) is 18.1 Å². The fourth-order valence-corrected chi connectivity index (χ4v) is 1.68. The number of rotatable bonds is 5. The molecule has 1 aromatic heterocycles. The number of nitrogens with one attached hydrogen (secondary N) is 2. The number of aromatic nitrogens is 2. The van der Waals surface area contributed by atoms with Gasteiger partial charge in [0, 0.05) is 6.07 Å². The first-order valence-electron chi connectivity index (χ1n) is 6.24. The number of carboxylic acid groups (broad SMARTS) is 1. The molecule has 0 atom stereocenters. The second-order valence-electron chi connectivity index (χ2n) is 4.58. The van der Waals surface area contributed by atoms with Crippen molar-refractivity contribution in [1.29, 1.82) is 0 Å². The van der Waals surface area contributed by atoms with E-state index in [1.165, 1.54) is 6.07 Å². The Labute approximate surface area is 120 Å². The molecule has 0 saturated carbocycles. The predicted molar refractivity (Wildman–Crippen MR) is 75.6 cm³/mol. The van der Waals surface area contributed by atoms with E-state index in [9.17, 15) is 9.59 Å². The molecule has 1 aromatic carbocycles. The number of carboxylic acids is 1. The first kappa shape index (κ1) is 14.6. The van der Waals surface area contributed by atoms with Crippen LogP contribution in [0.15, 0.2) is 24.3 Å². The molecule has 0 saturated heterocycles. The lowest BCUT2D eigenvalue weighted by molar-refractivity contribution is -0.118. The highest BCUT2D eigenvalue weighted by molar-refractivity contribution is 5.93. The number of benzene rings is 1. The van der Waals surface area contributed by atoms with Gasteiger partial charge in [-0.15, -0.1) is 0 Å². The van der Waals surface area contributed by atoms with Crippen molar-refractivity contribution in [1.82, 2.24) is 10.2 Å². The van der Waals surface area contributed by atoms with Gasteiger partial charge >= 0.3 is 5.97 Å². The van der Waals surface area contributed by atoms with Gasteiger partial charge in [-0.2, -0.15) is 5.10 Å². The Hall–Kier alpha value is -2.83. The van der Waals surface area contributed by atoms with Crippen LogP contribution in [0.5, 0.6) is 5.75 Å². The smallest absolute Gasteiger partial charge is 0.353 e. The summed E-state index contributed by atoms with van der Waals surface area (Å²) >= 11 is 0. The van der Waals surface area contributed by atoms with Crippen LogP contribution >= 0.6 is 0 Å². The van der Waals surface area contributed by atoms with E-state index in [0.717, 1.165) is 11.1 Å². The number of carbonyl (C=O) groups excluding carboxylic acids is 1. The third-order valence-corrected chi connectivity index (χ3v) is 2.78. The minimum atomic E-state index is -1.14. The zero-order valence-corrected chi connectivity index (χ0v) is 11.6. The van der Waals surface area contributed by atoms with Crippen molar-refractivity contribution >= 4 is 17.7 Å². The third-order valence-electron chi connectivity index (χ3n) is 2.78. The van der Waals surface area contributed by atoms with Gasteiger partial charge in [-0.05, 0) is 31.0 Å². The fourth-order valence-electron chi connectivity index (χ4n) is 1.68. The quantitative estimate of drug-likeness (QED) is 0.777. The zero-order valence-electron chi connectivity index (χ0n) is 11.6. The van der Waals surface area contributed by atoms with Crippen LogP contribution in [-0.4, -0.2) is 33.8 Å². The largest absolute Gasteiger partial charge is 0.483 e. The van der Waals surface area contributed by atoms with E-state index in [1.54, 1.807) is 0 Å². The second-order valence-corrected chi connectivity index (χ2v) is 4.58. The summed E-state index contributed by atoms with van der Waals surface area (Å²) in [6.45, 7) is 3.64. The lowest BCUT2D eigenvalue weighted by Gasteiger charge is -2.09. The monoisotopic (exact) mass is 289 g/mol. The molecule has 1 heterocycles. The predicted octanol–water partition coefficient (Wildman–Crippen LogP) is 1.74. The molecular formula is C14H15N3O4. The molecule has 0 aliphatic rings. The first-order chi connectivity index (χ1) is 9.95. The Morgan fingerprint density at radius 2 is 2.10 bits per heavy atom. The molecule has 0 aliphatic carbocycles. The van der Waals surface area contributed by atoms with Gasteiger partial charge in [0.1, 0.15) is 11.4 Å². The SMILES string of the molecule is Cc1ccc(C)c(OCC(=O)Nc2cc(C(=O)O)[nH]n2)c1. The molecule has 0 fully saturated rings. The van der Waals surface area contributed by atoms with Crippen LogP contribution in [0.4, 0.5) is 5.82 Å². The normalized spacial score (nSPS) is 10.2. The van der Waals surface area contributed by atoms with E-state index in [1.807, 2.05) is 32.0 Å². The Morgan fingerprint density at radius 1 is 1.33 bits per heavy atom. The Morgan fingerprint density at radius 3 is 2.76 bits per heavy atom. The van der Waals surface area contributed by atoms with Crippen molar-refractivity contribution in [2.75, 3.05) is 11.9 Å². The van der Waals surface area contributed by atoms with Gasteiger partial charge in [0.15, 0.2) is 12.4 Å². The maximum atomic E-state index is 11.7. The van der Waals surface area contributed by atoms with Crippen LogP contribution in [0.3, 0.4) is 0 Å². The maximum absolute atomic E-state index is 11.7. The van der Waals surface area contributed by atoms with Crippen LogP contribution in [0.25, 0.3) is 0 Å². The lowest BCUT2D eigenvalue weighted by atomic mass is 10.1. The second kappa shape index (κ2) is 6.08. The molecule has 7 nitrogen and oxygen atoms in total. The van der Waals surface area contributed by atoms with Gasteiger partial charge in [-0.1, -0.05) is 12.1 Å². The number of hydrogen-bond donors (Lipinski definition) is 3. The molecule has 3 N–H and O–H groups in total. The summed E-state index contributed by atoms with van der Waals surface area (Å²) in [7, 11) is 0. The summed E-state index contributed by atoms with van der Waals surface area (Å²) in [6.07, 6.45) is 0. The average molecular weight is 289 g/mol. The highest BCUT2D eigenvalue weighted by atomic mass is 16.5. The Balaban J connectivity index is 1.92. The van der Waals surface area contributed by atoms with Crippen molar-refractivity contribution < 1.29 is 19.4 Å². The summed E-state index contributed by atoms with van der Waals surface area (Å²) in [5.41, 5.74) is 1.87. The maximum Gasteiger partial charge on any atom is 0.353 e. The molecule has 2 aromatic rings. The molecule has 0 bridgehead atoms. The molecule has 7 heteroatoms. The number of carbonyl (C=O) groups is 2. The molecule has 0 aliphatic heterocycles. The minimum absolute atomic E-state index is 0.0965. The number of amides is 1. The number of nitrogens with zero attached hydrogens (tertiary/aromatic N) is 1. The third kappa shape index (κ3) is 3.82. The molecule has 0 radical (unpaired) electrons. The van der Waals surface area contributed by atoms with Crippen molar-refractivity contribution in [3.8, 4) is 5.75 Å².